The minimum Gasteiger partial charge on any atom is -0.378 e. The number of hydrogen-bond acceptors (Lipinski definition) is 8. The van der Waals surface area contributed by atoms with Crippen LogP contribution in [0, 0.1) is 0 Å². The molecule has 11 nitrogen and oxygen atoms in total. The van der Waals surface area contributed by atoms with Crippen molar-refractivity contribution in [2.75, 3.05) is 53.8 Å². The monoisotopic (exact) mass is 574 g/mol. The zero-order chi connectivity index (χ0) is 29.8. The molecule has 0 unspecified atom stereocenters. The number of carbonyl (C=O) groups excluding carboxylic acids is 2. The van der Waals surface area contributed by atoms with E-state index in [0.717, 1.165) is 39.2 Å². The highest BCUT2D eigenvalue weighted by Crippen LogP contribution is 2.30. The summed E-state index contributed by atoms with van der Waals surface area (Å²) >= 11 is 0. The van der Waals surface area contributed by atoms with Gasteiger partial charge < -0.3 is 25.2 Å². The van der Waals surface area contributed by atoms with Crippen molar-refractivity contribution in [1.82, 2.24) is 19.9 Å². The average molecular weight is 575 g/mol. The molecule has 0 atom stereocenters. The summed E-state index contributed by atoms with van der Waals surface area (Å²) in [5.74, 6) is 1.26. The largest absolute Gasteiger partial charge is 0.378 e. The first-order valence-corrected chi connectivity index (χ1v) is 13.9. The van der Waals surface area contributed by atoms with E-state index in [9.17, 15) is 9.59 Å². The molecule has 0 bridgehead atoms. The molecular weight excluding hydrogens is 544 g/mol. The quantitative estimate of drug-likeness (QED) is 0.283. The van der Waals surface area contributed by atoms with Gasteiger partial charge in [-0.15, -0.1) is 0 Å². The average Bonchev–Trinajstić information content (AvgIpc) is 3.05. The number of amides is 3. The Labute approximate surface area is 248 Å². The fourth-order valence-electron chi connectivity index (χ4n) is 4.77. The van der Waals surface area contributed by atoms with Gasteiger partial charge in [0, 0.05) is 79.4 Å². The number of hydrogen-bond donors (Lipinski definition) is 2. The first-order chi connectivity index (χ1) is 20.9. The van der Waals surface area contributed by atoms with E-state index in [1.165, 1.54) is 11.8 Å². The number of urea groups is 1. The van der Waals surface area contributed by atoms with Gasteiger partial charge in [0.25, 0.3) is 0 Å². The number of nitrogens with zero attached hydrogens (tertiary/aromatic N) is 6. The molecule has 1 saturated heterocycles. The third-order valence-corrected chi connectivity index (χ3v) is 7.21. The zero-order valence-corrected chi connectivity index (χ0v) is 23.8. The SMILES string of the molecule is CC(=O)N(C)c1ccc(NC(=O)Nc2ccc(-c3nc(N4CCOCC4)c4ncc(-c5cccnc5)cc4n3)cc2)cc1. The minimum absolute atomic E-state index is 0.0699. The van der Waals surface area contributed by atoms with Gasteiger partial charge in [-0.3, -0.25) is 14.8 Å². The standard InChI is InChI=1S/C32H30N8O3/c1-21(41)39(2)27-11-9-26(10-12-27)36-32(42)35-25-7-5-22(6-8-25)30-37-28-18-24(23-4-3-13-33-19-23)20-34-29(28)31(38-30)40-14-16-43-17-15-40/h3-13,18-20H,14-17H2,1-2H3,(H2,35,36,42). The zero-order valence-electron chi connectivity index (χ0n) is 23.8. The summed E-state index contributed by atoms with van der Waals surface area (Å²) in [5, 5.41) is 5.66. The Kier molecular flexibility index (Phi) is 7.88. The molecule has 0 spiro atoms. The maximum Gasteiger partial charge on any atom is 0.323 e. The van der Waals surface area contributed by atoms with Crippen molar-refractivity contribution >= 4 is 45.9 Å². The number of nitrogens with one attached hydrogen (secondary N) is 2. The Bertz CT molecular complexity index is 1760. The van der Waals surface area contributed by atoms with Crippen molar-refractivity contribution in [3.63, 3.8) is 0 Å². The number of ether oxygens (including phenoxy) is 1. The Morgan fingerprint density at radius 3 is 2.21 bits per heavy atom. The van der Waals surface area contributed by atoms with E-state index in [1.54, 1.807) is 43.7 Å². The predicted molar refractivity (Wildman–Crippen MR) is 167 cm³/mol. The van der Waals surface area contributed by atoms with Crippen LogP contribution in [0.2, 0.25) is 0 Å². The highest BCUT2D eigenvalue weighted by Gasteiger charge is 2.20. The van der Waals surface area contributed by atoms with Crippen LogP contribution in [0.15, 0.2) is 85.3 Å². The summed E-state index contributed by atoms with van der Waals surface area (Å²) in [5.41, 5.74) is 6.11. The summed E-state index contributed by atoms with van der Waals surface area (Å²) in [6, 6.07) is 19.9. The van der Waals surface area contributed by atoms with E-state index >= 15 is 0 Å². The third-order valence-electron chi connectivity index (χ3n) is 7.21. The fourth-order valence-corrected chi connectivity index (χ4v) is 4.77. The molecule has 2 N–H and O–H groups in total. The van der Waals surface area contributed by atoms with Crippen LogP contribution in [0.3, 0.4) is 0 Å². The van der Waals surface area contributed by atoms with Gasteiger partial charge in [0.15, 0.2) is 11.6 Å². The molecule has 3 aromatic heterocycles. The molecule has 0 aliphatic carbocycles. The van der Waals surface area contributed by atoms with Crippen LogP contribution in [0.5, 0.6) is 0 Å². The maximum absolute atomic E-state index is 12.6. The summed E-state index contributed by atoms with van der Waals surface area (Å²) in [6.07, 6.45) is 5.37. The molecule has 43 heavy (non-hydrogen) atoms. The summed E-state index contributed by atoms with van der Waals surface area (Å²) in [6.45, 7) is 4.17. The number of pyridine rings is 2. The van der Waals surface area contributed by atoms with Gasteiger partial charge in [0.05, 0.1) is 18.7 Å². The van der Waals surface area contributed by atoms with Gasteiger partial charge >= 0.3 is 6.03 Å². The van der Waals surface area contributed by atoms with Crippen molar-refractivity contribution in [3.8, 4) is 22.5 Å². The second kappa shape index (κ2) is 12.2. The van der Waals surface area contributed by atoms with E-state index in [-0.39, 0.29) is 11.9 Å². The van der Waals surface area contributed by atoms with Crippen LogP contribution in [-0.4, -0.2) is 65.2 Å². The number of anilines is 4. The molecule has 2 aromatic carbocycles. The van der Waals surface area contributed by atoms with Crippen molar-refractivity contribution in [3.05, 3.63) is 85.3 Å². The van der Waals surface area contributed by atoms with E-state index in [0.29, 0.717) is 43.5 Å². The van der Waals surface area contributed by atoms with E-state index in [4.69, 9.17) is 19.7 Å². The van der Waals surface area contributed by atoms with Gasteiger partial charge in [-0.2, -0.15) is 0 Å². The normalized spacial score (nSPS) is 13.0. The molecule has 5 aromatic rings. The van der Waals surface area contributed by atoms with E-state index in [1.807, 2.05) is 48.7 Å². The lowest BCUT2D eigenvalue weighted by molar-refractivity contribution is -0.116. The van der Waals surface area contributed by atoms with Crippen LogP contribution in [0.25, 0.3) is 33.5 Å². The lowest BCUT2D eigenvalue weighted by Gasteiger charge is -2.28. The van der Waals surface area contributed by atoms with Crippen molar-refractivity contribution < 1.29 is 14.3 Å². The smallest absolute Gasteiger partial charge is 0.323 e. The number of rotatable bonds is 6. The number of aromatic nitrogens is 4. The molecular formula is C32H30N8O3. The van der Waals surface area contributed by atoms with E-state index < -0.39 is 0 Å². The fraction of sp³-hybridized carbons (Fsp3) is 0.188. The Hall–Kier alpha value is -5.42. The number of carbonyl (C=O) groups is 2. The highest BCUT2D eigenvalue weighted by molar-refractivity contribution is 6.00. The van der Waals surface area contributed by atoms with Crippen LogP contribution < -0.4 is 20.4 Å². The molecule has 1 fully saturated rings. The Balaban J connectivity index is 1.23. The molecule has 216 valence electrons. The van der Waals surface area contributed by atoms with Crippen molar-refractivity contribution in [1.29, 1.82) is 0 Å². The molecule has 11 heteroatoms. The summed E-state index contributed by atoms with van der Waals surface area (Å²) < 4.78 is 5.56. The highest BCUT2D eigenvalue weighted by atomic mass is 16.5. The lowest BCUT2D eigenvalue weighted by atomic mass is 10.1. The molecule has 3 amide bonds. The van der Waals surface area contributed by atoms with Crippen LogP contribution >= 0.6 is 0 Å². The maximum atomic E-state index is 12.6. The van der Waals surface area contributed by atoms with Crippen molar-refractivity contribution in [2.24, 2.45) is 0 Å². The van der Waals surface area contributed by atoms with Gasteiger partial charge in [0.1, 0.15) is 5.52 Å². The van der Waals surface area contributed by atoms with Crippen LogP contribution in [0.4, 0.5) is 27.7 Å². The predicted octanol–water partition coefficient (Wildman–Crippen LogP) is 5.22. The Morgan fingerprint density at radius 2 is 1.56 bits per heavy atom. The Morgan fingerprint density at radius 1 is 0.860 bits per heavy atom. The molecule has 0 saturated carbocycles. The van der Waals surface area contributed by atoms with Gasteiger partial charge in [-0.1, -0.05) is 6.07 Å². The summed E-state index contributed by atoms with van der Waals surface area (Å²) in [4.78, 5) is 46.7. The second-order valence-corrected chi connectivity index (χ2v) is 10.1. The molecule has 1 aliphatic heterocycles. The number of fused-ring (bicyclic) bond motifs is 1. The number of morpholine rings is 1. The first kappa shape index (κ1) is 27.7. The molecule has 1 aliphatic rings. The lowest BCUT2D eigenvalue weighted by Crippen LogP contribution is -2.37. The van der Waals surface area contributed by atoms with Gasteiger partial charge in [0.2, 0.25) is 5.91 Å². The van der Waals surface area contributed by atoms with Gasteiger partial charge in [-0.05, 0) is 60.7 Å². The first-order valence-electron chi connectivity index (χ1n) is 13.9. The number of benzene rings is 2. The topological polar surface area (TPSA) is 125 Å². The van der Waals surface area contributed by atoms with Gasteiger partial charge in [-0.25, -0.2) is 14.8 Å². The van der Waals surface area contributed by atoms with Crippen LogP contribution in [-0.2, 0) is 9.53 Å². The van der Waals surface area contributed by atoms with E-state index in [2.05, 4.69) is 20.5 Å². The van der Waals surface area contributed by atoms with Crippen molar-refractivity contribution in [2.45, 2.75) is 6.92 Å². The molecule has 6 rings (SSSR count). The second-order valence-electron chi connectivity index (χ2n) is 10.1. The third kappa shape index (κ3) is 6.26. The molecule has 0 radical (unpaired) electrons. The summed E-state index contributed by atoms with van der Waals surface area (Å²) in [7, 11) is 1.70. The minimum atomic E-state index is -0.383. The van der Waals surface area contributed by atoms with Crippen LogP contribution in [0.1, 0.15) is 6.92 Å². The molecule has 4 heterocycles.